The van der Waals surface area contributed by atoms with Gasteiger partial charge in [-0.3, -0.25) is 37.3 Å². The molecule has 0 heterocycles. The summed E-state index contributed by atoms with van der Waals surface area (Å²) in [5.41, 5.74) is 0. The van der Waals surface area contributed by atoms with Crippen LogP contribution in [0.2, 0.25) is 0 Å². The second-order valence-electron chi connectivity index (χ2n) is 27.3. The predicted octanol–water partition coefficient (Wildman–Crippen LogP) is 24.8. The molecule has 0 saturated carbocycles. The zero-order valence-electron chi connectivity index (χ0n) is 67.5. The molecule has 0 radical (unpaired) electrons. The quantitative estimate of drug-likeness (QED) is 0.0169. The largest absolute Gasteiger partial charge is 0.472 e. The zero-order chi connectivity index (χ0) is 78.9. The molecule has 0 aromatic heterocycles. The lowest BCUT2D eigenvalue weighted by atomic mass is 10.0. The SMILES string of the molecule is CC/C=C\C/C=C\C/C=C\C/C=C\C/C=C\CCCC(=O)OCC(COP(=O)(O)OCC(O)COP(=O)(O)OCC(COC(=O)CCCCCCCC/C=C\C/C=C\C/C=C\C/C=C\CC)OC(=O)CCCCCCCCCCCCCCCCC)OC(=O)CCCCCC/C=C\C/C=C\C/C=C\C/C=C\CC. The third-order valence-corrected chi connectivity index (χ3v) is 18.9. The molecule has 0 aromatic carbocycles. The third kappa shape index (κ3) is 78.8. The first-order valence-electron chi connectivity index (χ1n) is 41.7. The molecule has 0 spiro atoms. The van der Waals surface area contributed by atoms with Gasteiger partial charge in [0.2, 0.25) is 0 Å². The van der Waals surface area contributed by atoms with Crippen molar-refractivity contribution in [2.45, 2.75) is 341 Å². The Hall–Kier alpha value is -5.32. The van der Waals surface area contributed by atoms with E-state index in [1.54, 1.807) is 0 Å². The number of aliphatic hydroxyl groups excluding tert-OH is 1. The van der Waals surface area contributed by atoms with Crippen LogP contribution in [0.15, 0.2) is 158 Å². The van der Waals surface area contributed by atoms with Crippen molar-refractivity contribution in [3.63, 3.8) is 0 Å². The fourth-order valence-corrected chi connectivity index (χ4v) is 12.3. The predicted molar refractivity (Wildman–Crippen MR) is 445 cm³/mol. The smallest absolute Gasteiger partial charge is 0.462 e. The second-order valence-corrected chi connectivity index (χ2v) is 30.2. The van der Waals surface area contributed by atoms with Gasteiger partial charge in [-0.05, 0) is 141 Å². The van der Waals surface area contributed by atoms with Gasteiger partial charge in [-0.25, -0.2) is 9.13 Å². The third-order valence-electron chi connectivity index (χ3n) is 17.0. The van der Waals surface area contributed by atoms with Crippen LogP contribution in [0.4, 0.5) is 0 Å². The lowest BCUT2D eigenvalue weighted by Gasteiger charge is -2.21. The average molecular weight is 1550 g/mol. The Labute approximate surface area is 655 Å². The van der Waals surface area contributed by atoms with Crippen LogP contribution in [0.25, 0.3) is 0 Å². The van der Waals surface area contributed by atoms with Crippen molar-refractivity contribution in [3.05, 3.63) is 158 Å². The summed E-state index contributed by atoms with van der Waals surface area (Å²) in [6.45, 7) is 4.45. The molecule has 0 saturated heterocycles. The Balaban J connectivity index is 5.45. The summed E-state index contributed by atoms with van der Waals surface area (Å²) in [6, 6.07) is 0. The molecule has 0 aliphatic rings. The molecule has 108 heavy (non-hydrogen) atoms. The van der Waals surface area contributed by atoms with Crippen LogP contribution in [0.5, 0.6) is 0 Å². The van der Waals surface area contributed by atoms with E-state index in [9.17, 15) is 43.2 Å². The normalized spacial score (nSPS) is 14.6. The molecular weight excluding hydrogens is 1400 g/mol. The van der Waals surface area contributed by atoms with E-state index in [0.717, 1.165) is 173 Å². The van der Waals surface area contributed by atoms with Gasteiger partial charge in [-0.1, -0.05) is 314 Å². The number of carbonyl (C=O) groups excluding carboxylic acids is 4. The standard InChI is InChI=1S/C89H148O17P2/c1-5-9-13-17-21-25-29-33-37-40-41-44-47-50-54-58-62-66-70-74-87(92)100-79-84(105-88(93)75-71-67-63-59-55-51-45-36-32-28-24-20-16-12-8-4)81-103-107(95,96)101-77-83(90)78-102-108(97,98)104-82-85(106-89(94)76-72-68-64-60-56-52-48-43-39-35-31-27-23-19-15-11-7-3)80-99-86(91)73-69-65-61-57-53-49-46-42-38-34-30-26-22-18-14-10-6-2/h9-11,13-15,21-23,25-27,33-35,37-39,41,44,46,48-49,52,57,61,83-85,90H,5-8,12,16-20,24,28-32,36,40,42-43,45,47,50-51,53-56,58-60,62-82H2,1-4H3,(H,95,96)(H,97,98)/b13-9-,14-10-,15-11-,25-21-,26-22-,27-23-,37-33-,38-34-,39-35-,44-41-,49-46-,52-48-,61-57-. The Bertz CT molecular complexity index is 2660. The summed E-state index contributed by atoms with van der Waals surface area (Å²) < 4.78 is 68.7. The fraction of sp³-hybridized carbons (Fsp3) is 0.663. The molecule has 0 rings (SSSR count). The fourth-order valence-electron chi connectivity index (χ4n) is 10.8. The number of hydrogen-bond acceptors (Lipinski definition) is 15. The maximum atomic E-state index is 13.1. The molecule has 0 bridgehead atoms. The average Bonchev–Trinajstić information content (AvgIpc) is 0.901. The van der Waals surface area contributed by atoms with Gasteiger partial charge in [0.15, 0.2) is 12.2 Å². The van der Waals surface area contributed by atoms with Crippen LogP contribution in [0.1, 0.15) is 323 Å². The number of hydrogen-bond donors (Lipinski definition) is 3. The Kier molecular flexibility index (Phi) is 75.8. The highest BCUT2D eigenvalue weighted by Gasteiger charge is 2.30. The molecule has 3 N–H and O–H groups in total. The highest BCUT2D eigenvalue weighted by Crippen LogP contribution is 2.45. The molecule has 0 fully saturated rings. The number of rotatable bonds is 77. The molecular formula is C89H148O17P2. The van der Waals surface area contributed by atoms with E-state index < -0.39 is 97.5 Å². The van der Waals surface area contributed by atoms with Gasteiger partial charge in [-0.15, -0.1) is 0 Å². The van der Waals surface area contributed by atoms with Crippen LogP contribution in [-0.2, 0) is 65.4 Å². The Morgan fingerprint density at radius 3 is 0.778 bits per heavy atom. The van der Waals surface area contributed by atoms with Gasteiger partial charge in [-0.2, -0.15) is 0 Å². The first kappa shape index (κ1) is 103. The van der Waals surface area contributed by atoms with E-state index in [-0.39, 0.29) is 25.7 Å². The van der Waals surface area contributed by atoms with E-state index in [0.29, 0.717) is 32.1 Å². The number of aliphatic hydroxyl groups is 1. The summed E-state index contributed by atoms with van der Waals surface area (Å²) in [5, 5.41) is 10.7. The molecule has 616 valence electrons. The van der Waals surface area contributed by atoms with Crippen molar-refractivity contribution in [3.8, 4) is 0 Å². The number of phosphoric ester groups is 2. The van der Waals surface area contributed by atoms with Crippen molar-refractivity contribution in [1.82, 2.24) is 0 Å². The first-order valence-corrected chi connectivity index (χ1v) is 44.7. The van der Waals surface area contributed by atoms with Crippen molar-refractivity contribution < 1.29 is 80.2 Å². The number of phosphoric acid groups is 2. The molecule has 19 heteroatoms. The monoisotopic (exact) mass is 1550 g/mol. The molecule has 0 aromatic rings. The highest BCUT2D eigenvalue weighted by molar-refractivity contribution is 7.47. The molecule has 0 amide bonds. The van der Waals surface area contributed by atoms with Crippen LogP contribution in [-0.4, -0.2) is 96.7 Å². The zero-order valence-corrected chi connectivity index (χ0v) is 69.3. The first-order chi connectivity index (χ1) is 52.7. The van der Waals surface area contributed by atoms with Crippen molar-refractivity contribution in [2.24, 2.45) is 0 Å². The van der Waals surface area contributed by atoms with Crippen LogP contribution < -0.4 is 0 Å². The number of esters is 4. The van der Waals surface area contributed by atoms with Crippen LogP contribution >= 0.6 is 15.6 Å². The maximum Gasteiger partial charge on any atom is 0.472 e. The van der Waals surface area contributed by atoms with Gasteiger partial charge in [0.25, 0.3) is 0 Å². The number of carbonyl (C=O) groups is 4. The van der Waals surface area contributed by atoms with Gasteiger partial charge < -0.3 is 33.8 Å². The molecule has 17 nitrogen and oxygen atoms in total. The summed E-state index contributed by atoms with van der Waals surface area (Å²) in [5.74, 6) is -2.28. The van der Waals surface area contributed by atoms with Crippen LogP contribution in [0, 0.1) is 0 Å². The minimum atomic E-state index is -5.01. The van der Waals surface area contributed by atoms with Crippen molar-refractivity contribution in [1.29, 1.82) is 0 Å². The van der Waals surface area contributed by atoms with E-state index in [2.05, 4.69) is 174 Å². The van der Waals surface area contributed by atoms with E-state index >= 15 is 0 Å². The number of allylic oxidation sites excluding steroid dienone is 26. The molecule has 0 aliphatic heterocycles. The minimum Gasteiger partial charge on any atom is -0.462 e. The number of unbranched alkanes of at least 4 members (excludes halogenated alkanes) is 25. The summed E-state index contributed by atoms with van der Waals surface area (Å²) >= 11 is 0. The van der Waals surface area contributed by atoms with E-state index in [1.165, 1.54) is 64.2 Å². The Morgan fingerprint density at radius 2 is 0.491 bits per heavy atom. The second kappa shape index (κ2) is 79.8. The van der Waals surface area contributed by atoms with Crippen LogP contribution in [0.3, 0.4) is 0 Å². The van der Waals surface area contributed by atoms with Crippen molar-refractivity contribution in [2.75, 3.05) is 39.6 Å². The Morgan fingerprint density at radius 1 is 0.269 bits per heavy atom. The minimum absolute atomic E-state index is 0.0499. The maximum absolute atomic E-state index is 13.1. The lowest BCUT2D eigenvalue weighted by molar-refractivity contribution is -0.161. The van der Waals surface area contributed by atoms with Crippen molar-refractivity contribution >= 4 is 39.5 Å². The number of ether oxygens (including phenoxy) is 4. The highest BCUT2D eigenvalue weighted by atomic mass is 31.2. The van der Waals surface area contributed by atoms with Gasteiger partial charge in [0.1, 0.15) is 19.3 Å². The summed E-state index contributed by atoms with van der Waals surface area (Å²) in [7, 11) is -10.00. The van der Waals surface area contributed by atoms with Gasteiger partial charge in [0, 0.05) is 25.7 Å². The van der Waals surface area contributed by atoms with Gasteiger partial charge in [0.05, 0.1) is 26.4 Å². The van der Waals surface area contributed by atoms with Gasteiger partial charge >= 0.3 is 39.5 Å². The summed E-state index contributed by atoms with van der Waals surface area (Å²) in [4.78, 5) is 73.2. The summed E-state index contributed by atoms with van der Waals surface area (Å²) in [6.07, 6.45) is 93.6. The molecule has 5 atom stereocenters. The topological polar surface area (TPSA) is 237 Å². The van der Waals surface area contributed by atoms with E-state index in [4.69, 9.17) is 37.0 Å². The molecule has 0 aliphatic carbocycles. The lowest BCUT2D eigenvalue weighted by Crippen LogP contribution is -2.30. The van der Waals surface area contributed by atoms with E-state index in [1.807, 2.05) is 12.2 Å². The molecule has 5 unspecified atom stereocenters.